The summed E-state index contributed by atoms with van der Waals surface area (Å²) >= 11 is 1.52. The van der Waals surface area contributed by atoms with Crippen LogP contribution >= 0.6 is 11.3 Å². The second-order valence-electron chi connectivity index (χ2n) is 7.79. The predicted octanol–water partition coefficient (Wildman–Crippen LogP) is 4.65. The number of carbonyl (C=O) groups excluding carboxylic acids is 2. The van der Waals surface area contributed by atoms with Gasteiger partial charge in [0.2, 0.25) is 0 Å². The summed E-state index contributed by atoms with van der Waals surface area (Å²) in [6.45, 7) is 0.210. The maximum Gasteiger partial charge on any atom is 0.493 e. The SMILES string of the molecule is O=C1NCCc2c1cc(-c1ccnc(C=Cc3ccccc3-c3nccs3)c1)n2OC(=O)C(F)(F)F. The van der Waals surface area contributed by atoms with Crippen molar-refractivity contribution in [2.24, 2.45) is 0 Å². The third-order valence-corrected chi connectivity index (χ3v) is 6.29. The van der Waals surface area contributed by atoms with Crippen LogP contribution in [0.1, 0.15) is 27.3 Å². The largest absolute Gasteiger partial charge is 0.493 e. The van der Waals surface area contributed by atoms with Gasteiger partial charge in [0.05, 0.1) is 22.6 Å². The smallest absolute Gasteiger partial charge is 0.352 e. The molecular weight excluding hydrogens is 493 g/mol. The number of hydrogen-bond acceptors (Lipinski definition) is 6. The number of amides is 1. The standard InChI is InChI=1S/C25H17F3N4O3S/c26-25(27,28)24(34)35-32-20-8-10-30-22(33)19(20)14-21(32)16-7-9-29-17(13-16)6-5-15-3-1-2-4-18(15)23-31-11-12-36-23/h1-7,9,11-14H,8,10H2,(H,30,33). The van der Waals surface area contributed by atoms with Gasteiger partial charge >= 0.3 is 12.1 Å². The topological polar surface area (TPSA) is 86.1 Å². The van der Waals surface area contributed by atoms with E-state index >= 15 is 0 Å². The molecule has 182 valence electrons. The monoisotopic (exact) mass is 510 g/mol. The Kier molecular flexibility index (Phi) is 6.15. The van der Waals surface area contributed by atoms with E-state index in [2.05, 4.69) is 15.3 Å². The summed E-state index contributed by atoms with van der Waals surface area (Å²) < 4.78 is 39.7. The number of benzene rings is 1. The van der Waals surface area contributed by atoms with Gasteiger partial charge < -0.3 is 10.2 Å². The number of hydrogen-bond donors (Lipinski definition) is 1. The maximum atomic E-state index is 13.0. The second-order valence-corrected chi connectivity index (χ2v) is 8.69. The summed E-state index contributed by atoms with van der Waals surface area (Å²) in [6.07, 6.45) is 1.86. The Morgan fingerprint density at radius 2 is 1.92 bits per heavy atom. The number of halogens is 3. The molecule has 11 heteroatoms. The molecule has 5 rings (SSSR count). The first kappa shape index (κ1) is 23.5. The molecule has 0 atom stereocenters. The number of nitrogens with one attached hydrogen (secondary N) is 1. The number of thiazole rings is 1. The molecule has 0 radical (unpaired) electrons. The maximum absolute atomic E-state index is 13.0. The zero-order valence-corrected chi connectivity index (χ0v) is 19.3. The Hall–Kier alpha value is -4.25. The Balaban J connectivity index is 1.52. The molecule has 36 heavy (non-hydrogen) atoms. The Labute approximate surface area is 206 Å². The summed E-state index contributed by atoms with van der Waals surface area (Å²) in [4.78, 5) is 37.3. The molecule has 0 spiro atoms. The minimum absolute atomic E-state index is 0.134. The number of alkyl halides is 3. The fraction of sp³-hybridized carbons (Fsp3) is 0.120. The number of nitrogens with zero attached hydrogens (tertiary/aromatic N) is 3. The average Bonchev–Trinajstić information content (AvgIpc) is 3.52. The van der Waals surface area contributed by atoms with Crippen molar-refractivity contribution in [1.29, 1.82) is 0 Å². The molecule has 7 nitrogen and oxygen atoms in total. The van der Waals surface area contributed by atoms with Crippen LogP contribution in [0.15, 0.2) is 60.2 Å². The number of pyridine rings is 1. The number of fused-ring (bicyclic) bond motifs is 1. The molecule has 0 saturated heterocycles. The van der Waals surface area contributed by atoms with Gasteiger partial charge in [-0.25, -0.2) is 9.78 Å². The summed E-state index contributed by atoms with van der Waals surface area (Å²) in [6, 6.07) is 12.3. The molecular formula is C25H17F3N4O3S. The highest BCUT2D eigenvalue weighted by Gasteiger charge is 2.43. The first-order valence-electron chi connectivity index (χ1n) is 10.8. The molecule has 3 aromatic heterocycles. The fourth-order valence-corrected chi connectivity index (χ4v) is 4.55. The fourth-order valence-electron chi connectivity index (χ4n) is 3.86. The lowest BCUT2D eigenvalue weighted by Gasteiger charge is -2.17. The van der Waals surface area contributed by atoms with Gasteiger partial charge in [0.1, 0.15) is 5.01 Å². The van der Waals surface area contributed by atoms with Gasteiger partial charge in [-0.3, -0.25) is 9.78 Å². The molecule has 1 aliphatic heterocycles. The van der Waals surface area contributed by atoms with Crippen molar-refractivity contribution in [2.75, 3.05) is 6.54 Å². The summed E-state index contributed by atoms with van der Waals surface area (Å²) in [5.74, 6) is -2.83. The van der Waals surface area contributed by atoms with Crippen LogP contribution in [0.5, 0.6) is 0 Å². The van der Waals surface area contributed by atoms with Gasteiger partial charge in [0.15, 0.2) is 0 Å². The van der Waals surface area contributed by atoms with E-state index in [1.807, 2.05) is 35.7 Å². The quantitative estimate of drug-likeness (QED) is 0.423. The first-order valence-corrected chi connectivity index (χ1v) is 11.6. The molecule has 4 aromatic rings. The van der Waals surface area contributed by atoms with E-state index in [1.54, 1.807) is 24.4 Å². The minimum Gasteiger partial charge on any atom is -0.352 e. The molecule has 0 aliphatic carbocycles. The molecule has 1 aliphatic rings. The van der Waals surface area contributed by atoms with Crippen LogP contribution in [-0.2, 0) is 11.2 Å². The third-order valence-electron chi connectivity index (χ3n) is 5.49. The second kappa shape index (κ2) is 9.42. The lowest BCUT2D eigenvalue weighted by atomic mass is 10.1. The van der Waals surface area contributed by atoms with Crippen molar-refractivity contribution < 1.29 is 27.6 Å². The van der Waals surface area contributed by atoms with Crippen molar-refractivity contribution in [1.82, 2.24) is 20.0 Å². The highest BCUT2D eigenvalue weighted by Crippen LogP contribution is 2.30. The average molecular weight is 510 g/mol. The normalized spacial score (nSPS) is 13.5. The lowest BCUT2D eigenvalue weighted by Crippen LogP contribution is -2.37. The van der Waals surface area contributed by atoms with Gasteiger partial charge in [-0.2, -0.15) is 17.9 Å². The molecule has 4 heterocycles. The number of rotatable bonds is 5. The van der Waals surface area contributed by atoms with Crippen molar-refractivity contribution in [3.63, 3.8) is 0 Å². The van der Waals surface area contributed by atoms with Crippen LogP contribution in [0.25, 0.3) is 34.0 Å². The summed E-state index contributed by atoms with van der Waals surface area (Å²) in [5, 5.41) is 5.39. The third kappa shape index (κ3) is 4.65. The van der Waals surface area contributed by atoms with Gasteiger partial charge in [0.25, 0.3) is 5.91 Å². The molecule has 0 unspecified atom stereocenters. The van der Waals surface area contributed by atoms with Gasteiger partial charge in [-0.05, 0) is 29.8 Å². The van der Waals surface area contributed by atoms with E-state index in [4.69, 9.17) is 4.84 Å². The van der Waals surface area contributed by atoms with Crippen LogP contribution < -0.4 is 10.2 Å². The van der Waals surface area contributed by atoms with Crippen molar-refractivity contribution >= 4 is 35.4 Å². The van der Waals surface area contributed by atoms with Crippen LogP contribution in [0, 0.1) is 0 Å². The number of carbonyl (C=O) groups is 2. The highest BCUT2D eigenvalue weighted by molar-refractivity contribution is 7.13. The first-order chi connectivity index (χ1) is 17.3. The van der Waals surface area contributed by atoms with Gasteiger partial charge in [0, 0.05) is 41.9 Å². The zero-order valence-electron chi connectivity index (χ0n) is 18.5. The van der Waals surface area contributed by atoms with Crippen molar-refractivity contribution in [3.8, 4) is 21.8 Å². The van der Waals surface area contributed by atoms with Gasteiger partial charge in [-0.15, -0.1) is 11.3 Å². The lowest BCUT2D eigenvalue weighted by molar-refractivity contribution is -0.199. The van der Waals surface area contributed by atoms with E-state index in [-0.39, 0.29) is 29.9 Å². The summed E-state index contributed by atoms with van der Waals surface area (Å²) in [5.41, 5.74) is 3.28. The Bertz CT molecular complexity index is 1480. The molecule has 0 saturated carbocycles. The predicted molar refractivity (Wildman–Crippen MR) is 128 cm³/mol. The van der Waals surface area contributed by atoms with E-state index < -0.39 is 18.1 Å². The Morgan fingerprint density at radius 3 is 2.69 bits per heavy atom. The zero-order chi connectivity index (χ0) is 25.3. The Morgan fingerprint density at radius 1 is 1.08 bits per heavy atom. The van der Waals surface area contributed by atoms with Crippen molar-refractivity contribution in [3.05, 3.63) is 82.8 Å². The molecule has 0 bridgehead atoms. The van der Waals surface area contributed by atoms with Gasteiger partial charge in [-0.1, -0.05) is 30.3 Å². The molecule has 1 aromatic carbocycles. The van der Waals surface area contributed by atoms with E-state index in [9.17, 15) is 22.8 Å². The van der Waals surface area contributed by atoms with Crippen LogP contribution in [0.4, 0.5) is 13.2 Å². The van der Waals surface area contributed by atoms with Crippen LogP contribution in [0.3, 0.4) is 0 Å². The minimum atomic E-state index is -5.19. The summed E-state index contributed by atoms with van der Waals surface area (Å²) in [7, 11) is 0. The van der Waals surface area contributed by atoms with E-state index in [1.165, 1.54) is 23.6 Å². The van der Waals surface area contributed by atoms with Crippen LogP contribution in [-0.4, -0.2) is 39.3 Å². The molecule has 1 amide bonds. The van der Waals surface area contributed by atoms with Crippen LogP contribution in [0.2, 0.25) is 0 Å². The number of aromatic nitrogens is 3. The van der Waals surface area contributed by atoms with E-state index in [0.29, 0.717) is 11.3 Å². The van der Waals surface area contributed by atoms with E-state index in [0.717, 1.165) is 20.9 Å². The molecule has 1 N–H and O–H groups in total. The van der Waals surface area contributed by atoms with Crippen molar-refractivity contribution in [2.45, 2.75) is 12.6 Å². The molecule has 0 fully saturated rings. The highest BCUT2D eigenvalue weighted by atomic mass is 32.1.